The van der Waals surface area contributed by atoms with E-state index in [1.165, 1.54) is 51.2 Å². The number of carbonyl (C=O) groups is 8. The number of hydrogen-bond acceptors (Lipinski definition) is 28. The first-order valence-corrected chi connectivity index (χ1v) is 43.6. The highest BCUT2D eigenvalue weighted by Crippen LogP contribution is 2.55. The first-order valence-electron chi connectivity index (χ1n) is 41.4. The molecule has 6 aromatic rings. The van der Waals surface area contributed by atoms with E-state index in [9.17, 15) is 64.0 Å². The van der Waals surface area contributed by atoms with Gasteiger partial charge in [0.05, 0.1) is 52.8 Å². The van der Waals surface area contributed by atoms with Crippen molar-refractivity contribution in [3.05, 3.63) is 141 Å². The van der Waals surface area contributed by atoms with Crippen LogP contribution in [0.2, 0.25) is 10.0 Å². The minimum atomic E-state index is -4.91. The molecular formula is C86H102Cl2N10O26S. The number of halogens is 2. The number of phenols is 3. The van der Waals surface area contributed by atoms with Crippen LogP contribution in [-0.2, 0) is 62.6 Å². The average molecular weight is 1790 g/mol. The third-order valence-corrected chi connectivity index (χ3v) is 26.4. The van der Waals surface area contributed by atoms with Crippen molar-refractivity contribution in [2.24, 2.45) is 35.3 Å². The van der Waals surface area contributed by atoms with Crippen LogP contribution in [-0.4, -0.2) is 207 Å². The van der Waals surface area contributed by atoms with Gasteiger partial charge in [-0.1, -0.05) is 68.6 Å². The number of aromatic hydroxyl groups is 3. The molecule has 17 rings (SSSR count). The Morgan fingerprint density at radius 3 is 1.90 bits per heavy atom. The summed E-state index contributed by atoms with van der Waals surface area (Å²) in [6, 6.07) is 4.14. The molecule has 672 valence electrons. The molecule has 11 aliphatic rings. The summed E-state index contributed by atoms with van der Waals surface area (Å²) in [4.78, 5) is 124. The third kappa shape index (κ3) is 19.5. The Labute approximate surface area is 728 Å². The summed E-state index contributed by atoms with van der Waals surface area (Å²) in [6.07, 6.45) is -13.5. The van der Waals surface area contributed by atoms with Gasteiger partial charge >= 0.3 is 0 Å². The number of nitrogens with one attached hydrogen (secondary N) is 9. The van der Waals surface area contributed by atoms with Crippen LogP contribution in [0.15, 0.2) is 108 Å². The second kappa shape index (κ2) is 37.4. The maximum Gasteiger partial charge on any atom is 0.264 e. The SMILES string of the molecule is CCCCOc1ccc(S(=O)(=O)NC(=O)C[C@@H]2NC(=O)[C@H](NC(=O)[C@@H](CC(C)C)NC)[C@H](O)c3ccc(c(Cl)c3)Oc3cc4cc(c3O[C@@H]3O[C@H](CO)[C@@H](O)[C@H](O)[C@H]3O[C@H]3C[C@](C)(N)[C@H](O)[C@H](C)O3)Oc3ccc(cc3Cl)[C@@H](O)[C@@H]3NC(=O)[C@H](NC(=O)[C@@H]4NC2=O)c2ccc(O)c(c2)-c2c(O)cc(O)cc2[C@@H](C(=O)NC2C4CC5CC(C4)CC2C5)NC3=O)cc1. The van der Waals surface area contributed by atoms with E-state index >= 15 is 28.8 Å². The molecule has 2 saturated heterocycles. The van der Waals surface area contributed by atoms with Gasteiger partial charge in [0.25, 0.3) is 10.0 Å². The molecule has 0 radical (unpaired) electrons. The summed E-state index contributed by atoms with van der Waals surface area (Å²) < 4.78 is 75.2. The fourth-order valence-corrected chi connectivity index (χ4v) is 19.6. The molecule has 36 nitrogen and oxygen atoms in total. The third-order valence-electron chi connectivity index (χ3n) is 24.5. The van der Waals surface area contributed by atoms with E-state index < -0.39 is 252 Å². The molecule has 0 aromatic heterocycles. The first kappa shape index (κ1) is 91.0. The molecule has 39 heteroatoms. The lowest BCUT2D eigenvalue weighted by atomic mass is 9.54. The number of phenolic OH excluding ortho intramolecular Hbond substituents is 3. The number of likely N-dealkylation sites (N-methyl/N-ethyl adjacent to an activating group) is 1. The molecule has 8 amide bonds. The zero-order valence-electron chi connectivity index (χ0n) is 68.8. The summed E-state index contributed by atoms with van der Waals surface area (Å²) in [5.74, 6) is -14.2. The minimum absolute atomic E-state index is 0.0452. The van der Waals surface area contributed by atoms with E-state index in [4.69, 9.17) is 62.1 Å². The van der Waals surface area contributed by atoms with Crippen LogP contribution in [0.1, 0.15) is 157 Å². The molecule has 125 heavy (non-hydrogen) atoms. The first-order chi connectivity index (χ1) is 59.4. The number of benzene rings is 6. The van der Waals surface area contributed by atoms with E-state index in [-0.39, 0.29) is 76.5 Å². The van der Waals surface area contributed by atoms with Gasteiger partial charge in [-0.25, -0.2) is 13.1 Å². The van der Waals surface area contributed by atoms with Crippen molar-refractivity contribution in [1.29, 1.82) is 0 Å². The number of hydrogen-bond donors (Lipinski definition) is 19. The van der Waals surface area contributed by atoms with Crippen LogP contribution < -0.4 is 71.9 Å². The van der Waals surface area contributed by atoms with Crippen molar-refractivity contribution in [3.63, 3.8) is 0 Å². The van der Waals surface area contributed by atoms with Crippen LogP contribution in [0.25, 0.3) is 11.1 Å². The Hall–Kier alpha value is -10.2. The number of aliphatic hydroxyl groups is 6. The Kier molecular flexibility index (Phi) is 27.2. The molecule has 6 aromatic carbocycles. The van der Waals surface area contributed by atoms with Crippen LogP contribution in [0.5, 0.6) is 51.7 Å². The summed E-state index contributed by atoms with van der Waals surface area (Å²) in [7, 11) is -3.46. The van der Waals surface area contributed by atoms with E-state index in [2.05, 4.69) is 42.5 Å². The number of fused-ring (bicyclic) bond motifs is 15. The number of amides is 8. The number of ether oxygens (including phenoxy) is 7. The Bertz CT molecular complexity index is 5220. The van der Waals surface area contributed by atoms with Gasteiger partial charge < -0.3 is 127 Å². The van der Waals surface area contributed by atoms with Crippen LogP contribution in [0.4, 0.5) is 0 Å². The van der Waals surface area contributed by atoms with Gasteiger partial charge in [0.1, 0.15) is 101 Å². The highest BCUT2D eigenvalue weighted by atomic mass is 35.5. The Morgan fingerprint density at radius 2 is 1.30 bits per heavy atom. The lowest BCUT2D eigenvalue weighted by molar-refractivity contribution is -0.333. The molecule has 4 aliphatic carbocycles. The Balaban J connectivity index is 0.968. The van der Waals surface area contributed by atoms with Crippen LogP contribution in [0.3, 0.4) is 0 Å². The van der Waals surface area contributed by atoms with Gasteiger partial charge in [-0.05, 0) is 202 Å². The van der Waals surface area contributed by atoms with Crippen molar-refractivity contribution in [2.45, 2.75) is 219 Å². The lowest BCUT2D eigenvalue weighted by Gasteiger charge is -2.54. The van der Waals surface area contributed by atoms with E-state index in [0.29, 0.717) is 18.3 Å². The van der Waals surface area contributed by atoms with Gasteiger partial charge in [0.2, 0.25) is 59.3 Å². The van der Waals surface area contributed by atoms with E-state index in [0.717, 1.165) is 111 Å². The molecular weight excluding hydrogens is 1690 g/mol. The number of unbranched alkanes of at least 4 members (excludes halogenated alkanes) is 1. The molecule has 15 bridgehead atoms. The summed E-state index contributed by atoms with van der Waals surface area (Å²) in [5, 5.41) is 127. The lowest BCUT2D eigenvalue weighted by Crippen LogP contribution is -2.64. The number of aliphatic hydroxyl groups excluding tert-OH is 6. The monoisotopic (exact) mass is 1790 g/mol. The predicted octanol–water partition coefficient (Wildman–Crippen LogP) is 4.16. The van der Waals surface area contributed by atoms with Gasteiger partial charge in [-0.2, -0.15) is 0 Å². The van der Waals surface area contributed by atoms with Gasteiger partial charge in [-0.3, -0.25) is 38.4 Å². The molecule has 20 N–H and O–H groups in total. The number of carbonyl (C=O) groups excluding carboxylic acids is 8. The minimum Gasteiger partial charge on any atom is -0.508 e. The van der Waals surface area contributed by atoms with Gasteiger partial charge in [0, 0.05) is 35.2 Å². The molecule has 0 spiro atoms. The number of nitrogens with two attached hydrogens (primary N) is 1. The molecule has 4 saturated carbocycles. The number of sulfonamides is 1. The summed E-state index contributed by atoms with van der Waals surface area (Å²) >= 11 is 14.5. The van der Waals surface area contributed by atoms with E-state index in [1.807, 2.05) is 11.6 Å². The smallest absolute Gasteiger partial charge is 0.264 e. The number of rotatable bonds is 20. The second-order valence-electron chi connectivity index (χ2n) is 34.1. The molecule has 0 unspecified atom stereocenters. The fourth-order valence-electron chi connectivity index (χ4n) is 18.2. The molecule has 7 heterocycles. The summed E-state index contributed by atoms with van der Waals surface area (Å²) in [5.41, 5.74) is 2.73. The zero-order valence-corrected chi connectivity index (χ0v) is 71.1. The highest BCUT2D eigenvalue weighted by Gasteiger charge is 2.53. The van der Waals surface area contributed by atoms with Crippen LogP contribution >= 0.6 is 23.2 Å². The van der Waals surface area contributed by atoms with Crippen molar-refractivity contribution >= 4 is 80.5 Å². The fraction of sp³-hybridized carbons (Fsp3) is 0.488. The Morgan fingerprint density at radius 1 is 0.680 bits per heavy atom. The van der Waals surface area contributed by atoms with Crippen molar-refractivity contribution in [1.82, 2.24) is 47.3 Å². The van der Waals surface area contributed by atoms with Crippen molar-refractivity contribution < 1.29 is 126 Å². The average Bonchev–Trinajstić information content (AvgIpc) is 0.773. The molecule has 6 fully saturated rings. The predicted molar refractivity (Wildman–Crippen MR) is 444 cm³/mol. The standard InChI is InChI=1S/C86H102Cl2N10O26S/c1-7-8-19-118-47-12-14-48(15-13-47)125(116,117)98-62(103)33-54-79(110)93-67-45-29-59(120-57-17-10-41(27-51(57)87)71(104)69(83(114)91-54)96-78(109)53(90-6)20-36(2)3)75(124-85-76(74(107)73(106)61(35-99)122-85)123-63-34-86(5,89)77(108)37(4)119-63)60(30-45)121-58-18-11-42(28-52(58)88)72(105)70-84(115)95-68(82(113)92-65-43-22-38-21-39(24-43)25-44(65)23-38)50-31-46(100)32-56(102)64(50)49-26-40(9-16-55(49)101)66(80(111)97-70)94-81(67)112/h9-18,26-32,36-39,43-44,53-54,61,63,65-74,76-77,85,90,99-102,104-108H,7-8,19-25,33-35,89H2,1-6H3,(H,91,114)(H,92,113)(H,93,110)(H,94,112)(H,95,115)(H,96,109)(H,97,111)(H,98,103)/t37-,38?,39?,43?,44?,53+,54-,61+,63-,65?,66+,67+,68-,69+,70-,71+,72+,73+,74-,76+,77+,85-,86-/m0/s1. The zero-order chi connectivity index (χ0) is 89.7. The second-order valence-corrected chi connectivity index (χ2v) is 36.6. The maximum atomic E-state index is 16.7. The molecule has 18 atom stereocenters. The topological polar surface area (TPSA) is 552 Å². The largest absolute Gasteiger partial charge is 0.508 e. The van der Waals surface area contributed by atoms with Crippen molar-refractivity contribution in [2.75, 3.05) is 20.3 Å². The van der Waals surface area contributed by atoms with Gasteiger partial charge in [0.15, 0.2) is 23.9 Å². The van der Waals surface area contributed by atoms with E-state index in [1.54, 1.807) is 13.8 Å². The maximum absolute atomic E-state index is 16.7. The van der Waals surface area contributed by atoms with Crippen LogP contribution in [0, 0.1) is 29.6 Å². The normalized spacial score (nSPS) is 30.5. The highest BCUT2D eigenvalue weighted by molar-refractivity contribution is 7.90. The van der Waals surface area contributed by atoms with Gasteiger partial charge in [-0.15, -0.1) is 0 Å². The summed E-state index contributed by atoms with van der Waals surface area (Å²) in [6.45, 7) is 7.83. The quantitative estimate of drug-likeness (QED) is 0.0477. The molecule has 7 aliphatic heterocycles. The van der Waals surface area contributed by atoms with Crippen molar-refractivity contribution in [3.8, 4) is 62.9 Å².